The Morgan fingerprint density at radius 1 is 1.17 bits per heavy atom. The number of ether oxygens (including phenoxy) is 1. The molecule has 1 saturated heterocycles. The maximum absolute atomic E-state index is 13.7. The van der Waals surface area contributed by atoms with Gasteiger partial charge in [-0.2, -0.15) is 0 Å². The van der Waals surface area contributed by atoms with Crippen LogP contribution >= 0.6 is 15.9 Å². The second kappa shape index (κ2) is 7.45. The fraction of sp³-hybridized carbons (Fsp3) is 0.316. The summed E-state index contributed by atoms with van der Waals surface area (Å²) < 4.78 is 20.1. The summed E-state index contributed by atoms with van der Waals surface area (Å²) in [5.41, 5.74) is 1.02. The van der Waals surface area contributed by atoms with Crippen LogP contribution in [0.3, 0.4) is 0 Å². The highest BCUT2D eigenvalue weighted by molar-refractivity contribution is 9.10. The van der Waals surface area contributed by atoms with Gasteiger partial charge in [0.05, 0.1) is 5.41 Å². The van der Waals surface area contributed by atoms with E-state index in [-0.39, 0.29) is 11.7 Å². The molecule has 1 aliphatic heterocycles. The first-order valence-electron chi connectivity index (χ1n) is 7.97. The molecule has 0 unspecified atom stereocenters. The summed E-state index contributed by atoms with van der Waals surface area (Å²) in [6.07, 6.45) is 1.12. The van der Waals surface area contributed by atoms with Gasteiger partial charge in [-0.1, -0.05) is 40.2 Å². The SMILES string of the molecule is O=C(NCc1ccc(Br)cc1)C1(c2cccc(F)c2)CCOCC1. The quantitative estimate of drug-likeness (QED) is 0.856. The second-order valence-electron chi connectivity index (χ2n) is 6.01. The molecule has 1 N–H and O–H groups in total. The van der Waals surface area contributed by atoms with Crippen LogP contribution in [0.2, 0.25) is 0 Å². The van der Waals surface area contributed by atoms with E-state index in [1.807, 2.05) is 30.3 Å². The van der Waals surface area contributed by atoms with E-state index in [1.165, 1.54) is 12.1 Å². The van der Waals surface area contributed by atoms with Gasteiger partial charge in [0.25, 0.3) is 0 Å². The average Bonchev–Trinajstić information content (AvgIpc) is 2.61. The molecule has 0 atom stereocenters. The Balaban J connectivity index is 1.80. The number of hydrogen-bond donors (Lipinski definition) is 1. The van der Waals surface area contributed by atoms with Crippen LogP contribution in [0.1, 0.15) is 24.0 Å². The lowest BCUT2D eigenvalue weighted by Crippen LogP contribution is -2.47. The maximum atomic E-state index is 13.7. The molecule has 24 heavy (non-hydrogen) atoms. The van der Waals surface area contributed by atoms with Gasteiger partial charge in [0.1, 0.15) is 5.82 Å². The molecule has 1 amide bonds. The molecule has 0 radical (unpaired) electrons. The molecule has 3 rings (SSSR count). The molecule has 1 aliphatic rings. The van der Waals surface area contributed by atoms with E-state index in [9.17, 15) is 9.18 Å². The highest BCUT2D eigenvalue weighted by atomic mass is 79.9. The topological polar surface area (TPSA) is 38.3 Å². The minimum absolute atomic E-state index is 0.0701. The lowest BCUT2D eigenvalue weighted by atomic mass is 9.73. The number of rotatable bonds is 4. The van der Waals surface area contributed by atoms with Gasteiger partial charge < -0.3 is 10.1 Å². The summed E-state index contributed by atoms with van der Waals surface area (Å²) in [5, 5.41) is 3.01. The lowest BCUT2D eigenvalue weighted by Gasteiger charge is -2.36. The number of carbonyl (C=O) groups is 1. The first kappa shape index (κ1) is 17.1. The van der Waals surface area contributed by atoms with Crippen molar-refractivity contribution in [3.8, 4) is 0 Å². The molecule has 1 fully saturated rings. The zero-order valence-electron chi connectivity index (χ0n) is 13.2. The van der Waals surface area contributed by atoms with Crippen LogP contribution in [0.25, 0.3) is 0 Å². The van der Waals surface area contributed by atoms with E-state index in [4.69, 9.17) is 4.74 Å². The molecule has 0 aromatic heterocycles. The molecule has 0 saturated carbocycles. The van der Waals surface area contributed by atoms with Gasteiger partial charge >= 0.3 is 0 Å². The Morgan fingerprint density at radius 2 is 1.88 bits per heavy atom. The van der Waals surface area contributed by atoms with Crippen LogP contribution in [0.4, 0.5) is 4.39 Å². The van der Waals surface area contributed by atoms with Crippen molar-refractivity contribution < 1.29 is 13.9 Å². The van der Waals surface area contributed by atoms with Crippen molar-refractivity contribution in [2.45, 2.75) is 24.8 Å². The fourth-order valence-corrected chi connectivity index (χ4v) is 3.37. The van der Waals surface area contributed by atoms with Crippen molar-refractivity contribution in [2.75, 3.05) is 13.2 Å². The number of hydrogen-bond acceptors (Lipinski definition) is 2. The van der Waals surface area contributed by atoms with E-state index in [2.05, 4.69) is 21.2 Å². The molecule has 2 aromatic carbocycles. The molecule has 1 heterocycles. The maximum Gasteiger partial charge on any atom is 0.231 e. The fourth-order valence-electron chi connectivity index (χ4n) is 3.11. The lowest BCUT2D eigenvalue weighted by molar-refractivity contribution is -0.130. The molecule has 126 valence electrons. The van der Waals surface area contributed by atoms with Gasteiger partial charge in [-0.15, -0.1) is 0 Å². The number of benzene rings is 2. The van der Waals surface area contributed by atoms with Crippen molar-refractivity contribution >= 4 is 21.8 Å². The smallest absolute Gasteiger partial charge is 0.231 e. The predicted molar refractivity (Wildman–Crippen MR) is 94.1 cm³/mol. The Kier molecular flexibility index (Phi) is 5.31. The summed E-state index contributed by atoms with van der Waals surface area (Å²) in [6, 6.07) is 14.2. The summed E-state index contributed by atoms with van der Waals surface area (Å²) in [5.74, 6) is -0.390. The van der Waals surface area contributed by atoms with Crippen LogP contribution < -0.4 is 5.32 Å². The Bertz CT molecular complexity index is 712. The Labute approximate surface area is 149 Å². The van der Waals surface area contributed by atoms with Gasteiger partial charge in [-0.25, -0.2) is 4.39 Å². The first-order chi connectivity index (χ1) is 11.6. The highest BCUT2D eigenvalue weighted by Crippen LogP contribution is 2.35. The van der Waals surface area contributed by atoms with E-state index >= 15 is 0 Å². The standard InChI is InChI=1S/C19H19BrFNO2/c20-16-6-4-14(5-7-16)13-22-18(23)19(8-10-24-11-9-19)15-2-1-3-17(21)12-15/h1-7,12H,8-11,13H2,(H,22,23). The largest absolute Gasteiger partial charge is 0.381 e. The molecule has 5 heteroatoms. The third-order valence-corrected chi connectivity index (χ3v) is 5.05. The van der Waals surface area contributed by atoms with Gasteiger partial charge in [0.15, 0.2) is 0 Å². The van der Waals surface area contributed by atoms with Gasteiger partial charge in [0.2, 0.25) is 5.91 Å². The number of carbonyl (C=O) groups excluding carboxylic acids is 1. The molecule has 3 nitrogen and oxygen atoms in total. The van der Waals surface area contributed by atoms with Crippen LogP contribution in [0, 0.1) is 5.82 Å². The van der Waals surface area contributed by atoms with Crippen LogP contribution in [-0.4, -0.2) is 19.1 Å². The monoisotopic (exact) mass is 391 g/mol. The van der Waals surface area contributed by atoms with Gasteiger partial charge in [-0.3, -0.25) is 4.79 Å². The molecule has 0 bridgehead atoms. The van der Waals surface area contributed by atoms with E-state index in [0.717, 1.165) is 15.6 Å². The number of nitrogens with one attached hydrogen (secondary N) is 1. The summed E-state index contributed by atoms with van der Waals surface area (Å²) in [4.78, 5) is 13.0. The second-order valence-corrected chi connectivity index (χ2v) is 6.93. The third kappa shape index (κ3) is 3.68. The minimum atomic E-state index is -0.726. The minimum Gasteiger partial charge on any atom is -0.381 e. The molecule has 0 aliphatic carbocycles. The summed E-state index contributed by atoms with van der Waals surface area (Å²) in [6.45, 7) is 1.45. The van der Waals surface area contributed by atoms with E-state index < -0.39 is 5.41 Å². The van der Waals surface area contributed by atoms with Crippen molar-refractivity contribution in [1.82, 2.24) is 5.32 Å². The normalized spacial score (nSPS) is 16.6. The molecular formula is C19H19BrFNO2. The van der Waals surface area contributed by atoms with Crippen molar-refractivity contribution in [2.24, 2.45) is 0 Å². The number of amides is 1. The van der Waals surface area contributed by atoms with Crippen molar-refractivity contribution in [3.05, 3.63) is 69.9 Å². The molecule has 2 aromatic rings. The first-order valence-corrected chi connectivity index (χ1v) is 8.76. The highest BCUT2D eigenvalue weighted by Gasteiger charge is 2.41. The molecular weight excluding hydrogens is 373 g/mol. The summed E-state index contributed by atoms with van der Waals surface area (Å²) in [7, 11) is 0. The van der Waals surface area contributed by atoms with Crippen LogP contribution in [0.15, 0.2) is 53.0 Å². The van der Waals surface area contributed by atoms with Gasteiger partial charge in [0, 0.05) is 24.2 Å². The summed E-state index contributed by atoms with van der Waals surface area (Å²) >= 11 is 3.40. The Morgan fingerprint density at radius 3 is 2.54 bits per heavy atom. The number of halogens is 2. The van der Waals surface area contributed by atoms with Gasteiger partial charge in [-0.05, 0) is 48.2 Å². The third-order valence-electron chi connectivity index (χ3n) is 4.52. The predicted octanol–water partition coefficient (Wildman–Crippen LogP) is 3.95. The van der Waals surface area contributed by atoms with Crippen molar-refractivity contribution in [1.29, 1.82) is 0 Å². The van der Waals surface area contributed by atoms with E-state index in [1.54, 1.807) is 6.07 Å². The van der Waals surface area contributed by atoms with Crippen molar-refractivity contribution in [3.63, 3.8) is 0 Å². The average molecular weight is 392 g/mol. The molecule has 0 spiro atoms. The Hall–Kier alpha value is -1.72. The van der Waals surface area contributed by atoms with Crippen LogP contribution in [0.5, 0.6) is 0 Å². The van der Waals surface area contributed by atoms with E-state index in [0.29, 0.717) is 32.6 Å². The van der Waals surface area contributed by atoms with Crippen LogP contribution in [-0.2, 0) is 21.5 Å². The zero-order chi connectivity index (χ0) is 17.0. The zero-order valence-corrected chi connectivity index (χ0v) is 14.8.